The van der Waals surface area contributed by atoms with Gasteiger partial charge in [0, 0.05) is 44.3 Å². The number of nitrogens with zero attached hydrogens (tertiary/aromatic N) is 2. The van der Waals surface area contributed by atoms with Gasteiger partial charge in [-0.2, -0.15) is 0 Å². The molecule has 7 aromatic rings. The maximum Gasteiger partial charge on any atom is 0.0737 e. The Bertz CT molecular complexity index is 2370. The van der Waals surface area contributed by atoms with Gasteiger partial charge in [0.05, 0.1) is 28.3 Å². The third kappa shape index (κ3) is 4.88. The first-order chi connectivity index (χ1) is 25.4. The van der Waals surface area contributed by atoms with Crippen LogP contribution in [-0.4, -0.2) is 19.9 Å². The highest BCUT2D eigenvalue weighted by Gasteiger charge is 2.18. The van der Waals surface area contributed by atoms with Crippen molar-refractivity contribution in [2.24, 2.45) is 0 Å². The summed E-state index contributed by atoms with van der Waals surface area (Å²) in [6.45, 7) is 0. The molecule has 0 spiro atoms. The number of rotatable bonds is 4. The van der Waals surface area contributed by atoms with E-state index in [1.807, 2.05) is 72.8 Å². The zero-order valence-corrected chi connectivity index (χ0v) is 25.8. The van der Waals surface area contributed by atoms with Crippen LogP contribution >= 0.6 is 0 Å². The van der Waals surface area contributed by atoms with Crippen molar-refractivity contribution in [3.8, 4) is 44.5 Å². The van der Waals surface area contributed by atoms with E-state index in [0.717, 1.165) is 89.4 Å². The van der Waals surface area contributed by atoms with Gasteiger partial charge < -0.3 is 9.97 Å². The van der Waals surface area contributed by atoms with Crippen LogP contribution in [0.3, 0.4) is 0 Å². The van der Waals surface area contributed by atoms with E-state index in [4.69, 9.17) is 15.5 Å². The number of hydrogen-bond acceptors (Lipinski definition) is 2. The molecule has 0 radical (unpaired) electrons. The lowest BCUT2D eigenvalue weighted by Gasteiger charge is -2.07. The topological polar surface area (TPSA) is 57.4 Å². The van der Waals surface area contributed by atoms with Crippen molar-refractivity contribution >= 4 is 46.4 Å². The second kappa shape index (κ2) is 11.7. The fourth-order valence-electron chi connectivity index (χ4n) is 6.63. The number of aromatic nitrogens is 4. The lowest BCUT2D eigenvalue weighted by Crippen LogP contribution is -1.89. The van der Waals surface area contributed by atoms with Crippen LogP contribution in [0.1, 0.15) is 28.3 Å². The third-order valence-corrected chi connectivity index (χ3v) is 8.78. The number of benzene rings is 4. The molecule has 2 N–H and O–H groups in total. The second-order valence-corrected chi connectivity index (χ2v) is 11.7. The van der Waals surface area contributed by atoms with Crippen LogP contribution in [0.5, 0.6) is 0 Å². The van der Waals surface area contributed by atoms with Crippen molar-refractivity contribution < 1.29 is 5.48 Å². The molecule has 0 amide bonds. The number of H-pyrrole nitrogens is 2. The first-order valence-corrected chi connectivity index (χ1v) is 15.8. The number of fused-ring (bicyclic) bond motifs is 8. The molecule has 0 atom stereocenters. The molecule has 8 bridgehead atoms. The first kappa shape index (κ1) is 23.8. The summed E-state index contributed by atoms with van der Waals surface area (Å²) >= 11 is 0. The highest BCUT2D eigenvalue weighted by atomic mass is 14.8. The molecule has 0 saturated heterocycles. The lowest BCUT2D eigenvalue weighted by molar-refractivity contribution is 1.31. The Labute approximate surface area is 284 Å². The predicted molar refractivity (Wildman–Crippen MR) is 201 cm³/mol. The van der Waals surface area contributed by atoms with Crippen LogP contribution < -0.4 is 0 Å². The number of hydrogen-bond donors (Lipinski definition) is 2. The van der Waals surface area contributed by atoms with Gasteiger partial charge in [-0.05, 0) is 70.8 Å². The summed E-state index contributed by atoms with van der Waals surface area (Å²) in [6.07, 6.45) is 8.12. The van der Waals surface area contributed by atoms with Gasteiger partial charge in [0.1, 0.15) is 0 Å². The zero-order valence-electron chi connectivity index (χ0n) is 29.8. The molecule has 0 aliphatic carbocycles. The molecule has 2 aliphatic rings. The fraction of sp³-hybridized carbons (Fsp3) is 0. The van der Waals surface area contributed by atoms with Crippen molar-refractivity contribution in [3.63, 3.8) is 0 Å². The standard InChI is InChI=1S/C44H30N4/c1-5-13-29(14-6-1)41-33-21-23-35(45-33)42(30-15-7-2-8-16-30)37-25-27-39(47-37)44(32-19-11-4-12-20-32)40-28-26-38(48-40)43(31-17-9-3-10-18-31)36-24-22-34(41)46-36/h1-28,45,48H/i1D,2D,3D,4D. The Kier molecular flexibility index (Phi) is 5.79. The van der Waals surface area contributed by atoms with Crippen molar-refractivity contribution in [1.29, 1.82) is 0 Å². The Balaban J connectivity index is 1.47. The quantitative estimate of drug-likeness (QED) is 0.206. The predicted octanol–water partition coefficient (Wildman–Crippen LogP) is 11.3. The van der Waals surface area contributed by atoms with Crippen molar-refractivity contribution in [2.75, 3.05) is 0 Å². The van der Waals surface area contributed by atoms with Gasteiger partial charge in [-0.15, -0.1) is 0 Å². The van der Waals surface area contributed by atoms with Crippen LogP contribution in [0, 0.1) is 0 Å². The molecule has 0 saturated carbocycles. The molecule has 4 aromatic carbocycles. The normalized spacial score (nSPS) is 13.2. The van der Waals surface area contributed by atoms with E-state index in [1.54, 1.807) is 48.5 Å². The van der Waals surface area contributed by atoms with E-state index in [9.17, 15) is 0 Å². The summed E-state index contributed by atoms with van der Waals surface area (Å²) in [6, 6.07) is 39.9. The van der Waals surface area contributed by atoms with Crippen molar-refractivity contribution in [1.82, 2.24) is 19.9 Å². The maximum atomic E-state index is 8.16. The average molecular weight is 619 g/mol. The molecule has 48 heavy (non-hydrogen) atoms. The molecule has 0 unspecified atom stereocenters. The van der Waals surface area contributed by atoms with Gasteiger partial charge in [-0.1, -0.05) is 121 Å². The minimum Gasteiger partial charge on any atom is -0.354 e. The Morgan fingerprint density at radius 3 is 0.792 bits per heavy atom. The van der Waals surface area contributed by atoms with Crippen LogP contribution in [0.25, 0.3) is 90.9 Å². The van der Waals surface area contributed by atoms with Gasteiger partial charge in [0.2, 0.25) is 0 Å². The minimum absolute atomic E-state index is 0.426. The summed E-state index contributed by atoms with van der Waals surface area (Å²) in [5.74, 6) is 0. The van der Waals surface area contributed by atoms with Crippen LogP contribution in [-0.2, 0) is 0 Å². The molecule has 3 aromatic heterocycles. The molecule has 9 rings (SSSR count). The average Bonchev–Trinajstić information content (AvgIpc) is 3.99. The number of aromatic amines is 2. The summed E-state index contributed by atoms with van der Waals surface area (Å²) < 4.78 is 32.6. The van der Waals surface area contributed by atoms with Crippen LogP contribution in [0.2, 0.25) is 0 Å². The van der Waals surface area contributed by atoms with Crippen molar-refractivity contribution in [2.45, 2.75) is 0 Å². The molecule has 5 heterocycles. The monoisotopic (exact) mass is 618 g/mol. The molecule has 0 fully saturated rings. The maximum absolute atomic E-state index is 8.16. The smallest absolute Gasteiger partial charge is 0.0737 e. The Morgan fingerprint density at radius 1 is 0.333 bits per heavy atom. The Hall–Kier alpha value is -6.52. The van der Waals surface area contributed by atoms with Gasteiger partial charge in [0.25, 0.3) is 0 Å². The highest BCUT2D eigenvalue weighted by Crippen LogP contribution is 2.38. The van der Waals surface area contributed by atoms with Crippen LogP contribution in [0.15, 0.2) is 145 Å². The zero-order chi connectivity index (χ0) is 35.3. The van der Waals surface area contributed by atoms with E-state index in [-0.39, 0.29) is 0 Å². The second-order valence-electron chi connectivity index (χ2n) is 11.7. The summed E-state index contributed by atoms with van der Waals surface area (Å²) in [5.41, 5.74) is 13.8. The van der Waals surface area contributed by atoms with E-state index in [1.165, 1.54) is 0 Å². The van der Waals surface area contributed by atoms with Gasteiger partial charge in [0.15, 0.2) is 0 Å². The summed E-state index contributed by atoms with van der Waals surface area (Å²) in [4.78, 5) is 18.0. The van der Waals surface area contributed by atoms with Gasteiger partial charge in [-0.25, -0.2) is 9.97 Å². The SMILES string of the molecule is [2H]c1ccc(-c2c3nc(c(-c4ccc([2H])cc4)c4ccc([nH]4)c(-c4ccc([2H])cc4)c4nc(c(-c5ccc([2H])cc5)c5ccc2[nH]5)C=C4)C=C3)cc1. The lowest BCUT2D eigenvalue weighted by atomic mass is 10.0. The highest BCUT2D eigenvalue weighted by molar-refractivity contribution is 5.99. The van der Waals surface area contributed by atoms with E-state index < -0.39 is 0 Å². The Morgan fingerprint density at radius 2 is 0.562 bits per heavy atom. The fourth-order valence-corrected chi connectivity index (χ4v) is 6.63. The first-order valence-electron chi connectivity index (χ1n) is 17.8. The van der Waals surface area contributed by atoms with E-state index in [0.29, 0.717) is 24.2 Å². The van der Waals surface area contributed by atoms with Gasteiger partial charge in [-0.3, -0.25) is 0 Å². The largest absolute Gasteiger partial charge is 0.354 e. The molecule has 2 aliphatic heterocycles. The third-order valence-electron chi connectivity index (χ3n) is 8.78. The molecular formula is C44H30N4. The molecule has 4 nitrogen and oxygen atoms in total. The van der Waals surface area contributed by atoms with E-state index in [2.05, 4.69) is 34.2 Å². The van der Waals surface area contributed by atoms with Crippen molar-refractivity contribution in [3.05, 3.63) is 168 Å². The van der Waals surface area contributed by atoms with Gasteiger partial charge >= 0.3 is 0 Å². The summed E-state index contributed by atoms with van der Waals surface area (Å²) in [7, 11) is 0. The number of nitrogens with one attached hydrogen (secondary N) is 2. The molecule has 4 heteroatoms. The van der Waals surface area contributed by atoms with Crippen LogP contribution in [0.4, 0.5) is 0 Å². The van der Waals surface area contributed by atoms with E-state index >= 15 is 0 Å². The molecule has 226 valence electrons. The molecular weight excluding hydrogens is 585 g/mol. The minimum atomic E-state index is 0.426. The summed E-state index contributed by atoms with van der Waals surface area (Å²) in [5, 5.41) is 0.